The van der Waals surface area contributed by atoms with E-state index in [4.69, 9.17) is 23.2 Å². The van der Waals surface area contributed by atoms with Gasteiger partial charge in [0.1, 0.15) is 5.69 Å². The van der Waals surface area contributed by atoms with Crippen LogP contribution in [0.1, 0.15) is 39.3 Å². The Bertz CT molecular complexity index is 1750. The van der Waals surface area contributed by atoms with E-state index in [0.29, 0.717) is 21.7 Å². The Morgan fingerprint density at radius 1 is 0.902 bits per heavy atom. The van der Waals surface area contributed by atoms with Crippen molar-refractivity contribution in [2.45, 2.75) is 12.8 Å². The lowest BCUT2D eigenvalue weighted by Gasteiger charge is -2.25. The van der Waals surface area contributed by atoms with E-state index in [1.54, 1.807) is 42.6 Å². The topological polar surface area (TPSA) is 101 Å². The quantitative estimate of drug-likeness (QED) is 0.184. The molecule has 204 valence electrons. The first-order valence-corrected chi connectivity index (χ1v) is 13.7. The Hall–Kier alpha value is -4.53. The van der Waals surface area contributed by atoms with Crippen molar-refractivity contribution >= 4 is 46.3 Å². The first-order chi connectivity index (χ1) is 19.9. The molecule has 1 aliphatic carbocycles. The van der Waals surface area contributed by atoms with Gasteiger partial charge in [-0.05, 0) is 85.5 Å². The van der Waals surface area contributed by atoms with Crippen molar-refractivity contribution in [3.8, 4) is 16.9 Å². The van der Waals surface area contributed by atoms with Gasteiger partial charge in [-0.15, -0.1) is 5.10 Å². The maximum atomic E-state index is 13.4. The van der Waals surface area contributed by atoms with Crippen LogP contribution in [0.5, 0.6) is 0 Å². The molecule has 0 bridgehead atoms. The molecule has 0 saturated heterocycles. The van der Waals surface area contributed by atoms with Crippen LogP contribution >= 0.6 is 23.2 Å². The first-order valence-electron chi connectivity index (χ1n) is 13.0. The molecular formula is C31H23Cl2N5O3. The summed E-state index contributed by atoms with van der Waals surface area (Å²) in [6.07, 6.45) is 5.57. The van der Waals surface area contributed by atoms with E-state index in [1.807, 2.05) is 36.4 Å². The molecule has 1 saturated carbocycles. The lowest BCUT2D eigenvalue weighted by atomic mass is 10.0. The van der Waals surface area contributed by atoms with Gasteiger partial charge in [-0.25, -0.2) is 9.48 Å². The second-order valence-electron chi connectivity index (χ2n) is 9.84. The van der Waals surface area contributed by atoms with Crippen LogP contribution < -0.4 is 4.90 Å². The second kappa shape index (κ2) is 11.2. The zero-order valence-corrected chi connectivity index (χ0v) is 23.1. The molecule has 41 heavy (non-hydrogen) atoms. The predicted molar refractivity (Wildman–Crippen MR) is 158 cm³/mol. The summed E-state index contributed by atoms with van der Waals surface area (Å²) in [5, 5.41) is 19.3. The molecular weight excluding hydrogens is 561 g/mol. The number of carboxylic acid groups (broad SMARTS) is 1. The van der Waals surface area contributed by atoms with E-state index in [1.165, 1.54) is 29.8 Å². The number of halogens is 2. The van der Waals surface area contributed by atoms with Gasteiger partial charge in [0.2, 0.25) is 5.78 Å². The summed E-state index contributed by atoms with van der Waals surface area (Å²) in [4.78, 5) is 32.3. The van der Waals surface area contributed by atoms with E-state index in [2.05, 4.69) is 20.2 Å². The highest BCUT2D eigenvalue weighted by Gasteiger charge is 2.26. The Morgan fingerprint density at radius 3 is 2.37 bits per heavy atom. The van der Waals surface area contributed by atoms with Crippen LogP contribution in [0.2, 0.25) is 10.0 Å². The van der Waals surface area contributed by atoms with E-state index in [0.717, 1.165) is 23.5 Å². The number of pyridine rings is 1. The van der Waals surface area contributed by atoms with Gasteiger partial charge < -0.3 is 10.0 Å². The number of hydrogen-bond donors (Lipinski definition) is 1. The van der Waals surface area contributed by atoms with Crippen LogP contribution in [-0.4, -0.2) is 43.4 Å². The van der Waals surface area contributed by atoms with E-state index >= 15 is 0 Å². The molecule has 0 radical (unpaired) electrons. The minimum atomic E-state index is -1.20. The second-order valence-corrected chi connectivity index (χ2v) is 10.7. The summed E-state index contributed by atoms with van der Waals surface area (Å²) in [5.74, 6) is -0.979. The van der Waals surface area contributed by atoms with E-state index < -0.39 is 5.97 Å². The predicted octanol–water partition coefficient (Wildman–Crippen LogP) is 7.11. The summed E-state index contributed by atoms with van der Waals surface area (Å²) >= 11 is 12.2. The van der Waals surface area contributed by atoms with Crippen LogP contribution in [0.3, 0.4) is 0 Å². The zero-order chi connectivity index (χ0) is 28.5. The Morgan fingerprint density at radius 2 is 1.68 bits per heavy atom. The van der Waals surface area contributed by atoms with Gasteiger partial charge in [-0.1, -0.05) is 40.5 Å². The third-order valence-electron chi connectivity index (χ3n) is 6.96. The summed E-state index contributed by atoms with van der Waals surface area (Å²) in [5.41, 5.74) is 3.71. The average molecular weight is 584 g/mol. The van der Waals surface area contributed by atoms with Crippen LogP contribution in [0, 0.1) is 5.92 Å². The number of aromatic carboxylic acids is 1. The molecule has 5 aromatic rings. The SMILES string of the molecule is O=C(c1ccc(-n2nncc2-c2cccc(Cl)c2)c(C(=O)O)c1)c1ccc(N(CC2CC2)c2ccc(Cl)cc2)cn1. The molecule has 10 heteroatoms. The van der Waals surface area contributed by atoms with Crippen LogP contribution in [0.4, 0.5) is 11.4 Å². The number of carboxylic acids is 1. The molecule has 1 N–H and O–H groups in total. The van der Waals surface area contributed by atoms with Gasteiger partial charge in [0, 0.05) is 33.4 Å². The number of aromatic nitrogens is 4. The monoisotopic (exact) mass is 583 g/mol. The van der Waals surface area contributed by atoms with Gasteiger partial charge in [0.15, 0.2) is 0 Å². The van der Waals surface area contributed by atoms with E-state index in [-0.39, 0.29) is 28.3 Å². The van der Waals surface area contributed by atoms with Crippen molar-refractivity contribution in [1.82, 2.24) is 20.0 Å². The number of hydrogen-bond acceptors (Lipinski definition) is 6. The molecule has 2 aromatic heterocycles. The fraction of sp³-hybridized carbons (Fsp3) is 0.129. The molecule has 0 spiro atoms. The minimum Gasteiger partial charge on any atom is -0.478 e. The summed E-state index contributed by atoms with van der Waals surface area (Å²) in [7, 11) is 0. The largest absolute Gasteiger partial charge is 0.478 e. The molecule has 3 aromatic carbocycles. The number of ketones is 1. The minimum absolute atomic E-state index is 0.0976. The van der Waals surface area contributed by atoms with Crippen LogP contribution in [0.15, 0.2) is 91.3 Å². The number of anilines is 2. The Labute approximate surface area is 245 Å². The zero-order valence-electron chi connectivity index (χ0n) is 21.6. The lowest BCUT2D eigenvalue weighted by Crippen LogP contribution is -2.20. The lowest BCUT2D eigenvalue weighted by molar-refractivity contribution is 0.0696. The molecule has 6 rings (SSSR count). The molecule has 1 fully saturated rings. The molecule has 8 nitrogen and oxygen atoms in total. The molecule has 1 aliphatic rings. The maximum Gasteiger partial charge on any atom is 0.337 e. The fourth-order valence-electron chi connectivity index (χ4n) is 4.66. The fourth-order valence-corrected chi connectivity index (χ4v) is 4.97. The summed E-state index contributed by atoms with van der Waals surface area (Å²) in [6.45, 7) is 0.847. The van der Waals surface area contributed by atoms with Crippen molar-refractivity contribution in [2.75, 3.05) is 11.4 Å². The van der Waals surface area contributed by atoms with Crippen molar-refractivity contribution in [2.24, 2.45) is 5.92 Å². The van der Waals surface area contributed by atoms with Gasteiger partial charge >= 0.3 is 5.97 Å². The van der Waals surface area contributed by atoms with Crippen LogP contribution in [0.25, 0.3) is 16.9 Å². The summed E-state index contributed by atoms with van der Waals surface area (Å²) in [6, 6.07) is 22.7. The molecule has 0 aliphatic heterocycles. The van der Waals surface area contributed by atoms with Gasteiger partial charge in [0.05, 0.1) is 35.0 Å². The smallest absolute Gasteiger partial charge is 0.337 e. The molecule has 0 atom stereocenters. The van der Waals surface area contributed by atoms with Crippen molar-refractivity contribution in [3.63, 3.8) is 0 Å². The number of nitrogens with zero attached hydrogens (tertiary/aromatic N) is 5. The van der Waals surface area contributed by atoms with Gasteiger partial charge in [0.25, 0.3) is 0 Å². The van der Waals surface area contributed by atoms with Crippen LogP contribution in [-0.2, 0) is 0 Å². The maximum absolute atomic E-state index is 13.4. The number of rotatable bonds is 9. The van der Waals surface area contributed by atoms with Gasteiger partial charge in [-0.2, -0.15) is 0 Å². The third kappa shape index (κ3) is 5.70. The number of carbonyl (C=O) groups is 2. The Kier molecular flexibility index (Phi) is 7.26. The number of carbonyl (C=O) groups excluding carboxylic acids is 1. The average Bonchev–Trinajstić information content (AvgIpc) is 3.68. The number of benzene rings is 3. The highest BCUT2D eigenvalue weighted by molar-refractivity contribution is 6.31. The van der Waals surface area contributed by atoms with Crippen molar-refractivity contribution in [3.05, 3.63) is 118 Å². The van der Waals surface area contributed by atoms with E-state index in [9.17, 15) is 14.7 Å². The highest BCUT2D eigenvalue weighted by Crippen LogP contribution is 2.35. The normalized spacial score (nSPS) is 12.7. The standard InChI is InChI=1S/C31H23Cl2N5O3/c32-22-7-9-24(10-8-22)37(18-19-4-5-19)25-11-12-27(34-16-25)30(39)21-6-13-28(26(15-21)31(40)41)38-29(17-35-36-38)20-2-1-3-23(33)14-20/h1-3,6-17,19H,4-5,18H2,(H,40,41). The third-order valence-corrected chi connectivity index (χ3v) is 7.44. The van der Waals surface area contributed by atoms with Gasteiger partial charge in [-0.3, -0.25) is 9.78 Å². The molecule has 0 unspecified atom stereocenters. The molecule has 0 amide bonds. The summed E-state index contributed by atoms with van der Waals surface area (Å²) < 4.78 is 1.42. The van der Waals surface area contributed by atoms with Crippen molar-refractivity contribution in [1.29, 1.82) is 0 Å². The van der Waals surface area contributed by atoms with Crippen molar-refractivity contribution < 1.29 is 14.7 Å². The highest BCUT2D eigenvalue weighted by atomic mass is 35.5. The first kappa shape index (κ1) is 26.7. The molecule has 2 heterocycles. The Balaban J connectivity index is 1.30.